The van der Waals surface area contributed by atoms with Gasteiger partial charge >= 0.3 is 11.3 Å². The molecule has 15 heavy (non-hydrogen) atoms. The summed E-state index contributed by atoms with van der Waals surface area (Å²) in [5.74, 6) is -2.55. The molecule has 0 aromatic carbocycles. The molecular formula is C7H11NO6S. The van der Waals surface area contributed by atoms with Crippen LogP contribution in [0.15, 0.2) is 0 Å². The predicted molar refractivity (Wildman–Crippen MR) is 50.9 cm³/mol. The van der Waals surface area contributed by atoms with E-state index in [1.165, 1.54) is 7.05 Å². The third kappa shape index (κ3) is 4.07. The van der Waals surface area contributed by atoms with Crippen molar-refractivity contribution in [3.63, 3.8) is 0 Å². The van der Waals surface area contributed by atoms with E-state index in [1.54, 1.807) is 0 Å². The lowest BCUT2D eigenvalue weighted by atomic mass is 10.3. The summed E-state index contributed by atoms with van der Waals surface area (Å²) >= 11 is 0. The highest BCUT2D eigenvalue weighted by Crippen LogP contribution is 2.01. The van der Waals surface area contributed by atoms with Crippen molar-refractivity contribution in [2.75, 3.05) is 12.8 Å². The number of carboxylic acids is 1. The Morgan fingerprint density at radius 1 is 1.33 bits per heavy atom. The van der Waals surface area contributed by atoms with Gasteiger partial charge in [0.15, 0.2) is 0 Å². The minimum absolute atomic E-state index is 0.537. The second-order valence-electron chi connectivity index (χ2n) is 2.76. The monoisotopic (exact) mass is 237 g/mol. The van der Waals surface area contributed by atoms with Crippen LogP contribution in [-0.4, -0.2) is 55.3 Å². The van der Waals surface area contributed by atoms with Crippen molar-refractivity contribution in [2.45, 2.75) is 13.0 Å². The largest absolute Gasteiger partial charge is 0.480 e. The van der Waals surface area contributed by atoms with Crippen LogP contribution in [0.4, 0.5) is 4.79 Å². The molecule has 8 heteroatoms. The summed E-state index contributed by atoms with van der Waals surface area (Å²) in [6.45, 7) is 1.14. The first-order valence-electron chi connectivity index (χ1n) is 3.84. The number of nitrogens with zero attached hydrogens (tertiary/aromatic N) is 1. The van der Waals surface area contributed by atoms with E-state index in [1.807, 2.05) is 0 Å². The molecule has 0 rings (SSSR count). The number of hydrogen-bond donors (Lipinski definition) is 2. The van der Waals surface area contributed by atoms with Gasteiger partial charge < -0.3 is 15.1 Å². The van der Waals surface area contributed by atoms with E-state index in [9.17, 15) is 18.6 Å². The van der Waals surface area contributed by atoms with Gasteiger partial charge in [0.2, 0.25) is 5.91 Å². The Morgan fingerprint density at radius 2 is 1.80 bits per heavy atom. The molecule has 86 valence electrons. The van der Waals surface area contributed by atoms with Crippen LogP contribution >= 0.6 is 0 Å². The van der Waals surface area contributed by atoms with E-state index in [0.717, 1.165) is 11.8 Å². The lowest BCUT2D eigenvalue weighted by Gasteiger charge is -2.22. The molecule has 0 aliphatic heterocycles. The van der Waals surface area contributed by atoms with E-state index < -0.39 is 39.8 Å². The Kier molecular flexibility index (Phi) is 4.92. The molecule has 0 aromatic heterocycles. The number of likely N-dealkylation sites (N-methyl/N-ethyl adjacent to an activating group) is 1. The Hall–Kier alpha value is -1.44. The summed E-state index contributed by atoms with van der Waals surface area (Å²) in [4.78, 5) is 32.6. The van der Waals surface area contributed by atoms with Crippen LogP contribution in [0.25, 0.3) is 0 Å². The SMILES string of the molecule is CC(=O)N(C)[C@@H](CS(=O)C(=O)O)C(=O)O. The smallest absolute Gasteiger partial charge is 0.395 e. The van der Waals surface area contributed by atoms with Gasteiger partial charge in [-0.05, 0) is 0 Å². The van der Waals surface area contributed by atoms with Crippen molar-refractivity contribution in [3.8, 4) is 0 Å². The van der Waals surface area contributed by atoms with Gasteiger partial charge in [-0.25, -0.2) is 13.8 Å². The van der Waals surface area contributed by atoms with Crippen LogP contribution in [0.1, 0.15) is 6.92 Å². The molecule has 1 unspecified atom stereocenters. The predicted octanol–water partition coefficient (Wildman–Crippen LogP) is -0.655. The normalized spacial score (nSPS) is 14.0. The minimum Gasteiger partial charge on any atom is -0.480 e. The molecule has 0 radical (unpaired) electrons. The maximum atomic E-state index is 10.9. The zero-order valence-corrected chi connectivity index (χ0v) is 8.98. The number of aliphatic carboxylic acids is 1. The molecule has 1 amide bonds. The fourth-order valence-corrected chi connectivity index (χ4v) is 1.58. The van der Waals surface area contributed by atoms with Crippen molar-refractivity contribution >= 4 is 28.0 Å². The highest BCUT2D eigenvalue weighted by molar-refractivity contribution is 7.99. The van der Waals surface area contributed by atoms with E-state index >= 15 is 0 Å². The summed E-state index contributed by atoms with van der Waals surface area (Å²) in [5.41, 5.74) is 0. The van der Waals surface area contributed by atoms with Gasteiger partial charge in [-0.1, -0.05) is 0 Å². The third-order valence-corrected chi connectivity index (χ3v) is 2.76. The van der Waals surface area contributed by atoms with Crippen LogP contribution in [-0.2, 0) is 20.4 Å². The summed E-state index contributed by atoms with van der Waals surface area (Å²) < 4.78 is 10.9. The Balaban J connectivity index is 4.70. The van der Waals surface area contributed by atoms with Gasteiger partial charge in [0, 0.05) is 14.0 Å². The van der Waals surface area contributed by atoms with Crippen molar-refractivity contribution < 1.29 is 28.8 Å². The molecular weight excluding hydrogens is 226 g/mol. The molecule has 0 saturated carbocycles. The van der Waals surface area contributed by atoms with E-state index in [-0.39, 0.29) is 0 Å². The molecule has 2 atom stereocenters. The Bertz CT molecular complexity index is 315. The van der Waals surface area contributed by atoms with Crippen LogP contribution in [0.2, 0.25) is 0 Å². The zero-order valence-electron chi connectivity index (χ0n) is 8.17. The summed E-state index contributed by atoms with van der Waals surface area (Å²) in [6, 6.07) is -1.39. The van der Waals surface area contributed by atoms with Crippen LogP contribution in [0, 0.1) is 0 Å². The topological polar surface area (TPSA) is 112 Å². The highest BCUT2D eigenvalue weighted by atomic mass is 32.2. The van der Waals surface area contributed by atoms with Crippen molar-refractivity contribution in [1.82, 2.24) is 4.90 Å². The summed E-state index contributed by atoms with van der Waals surface area (Å²) in [5, 5.41) is 15.4. The summed E-state index contributed by atoms with van der Waals surface area (Å²) in [7, 11) is -1.11. The van der Waals surface area contributed by atoms with Crippen LogP contribution < -0.4 is 0 Å². The Labute approximate surface area is 88.1 Å². The van der Waals surface area contributed by atoms with Gasteiger partial charge in [0.05, 0.1) is 5.75 Å². The van der Waals surface area contributed by atoms with Gasteiger partial charge in [0.25, 0.3) is 0 Å². The number of carbonyl (C=O) groups is 3. The van der Waals surface area contributed by atoms with E-state index in [0.29, 0.717) is 0 Å². The molecule has 0 spiro atoms. The first-order chi connectivity index (χ1) is 6.77. The zero-order chi connectivity index (χ0) is 12.2. The molecule has 0 aliphatic carbocycles. The lowest BCUT2D eigenvalue weighted by Crippen LogP contribution is -2.45. The standard InChI is InChI=1S/C7H11NO6S/c1-4(9)8(2)5(6(10)11)3-15(14)7(12)13/h5H,3H2,1-2H3,(H,10,11)(H,12,13)/t5-,15?/m0/s1. The highest BCUT2D eigenvalue weighted by Gasteiger charge is 2.28. The molecule has 0 heterocycles. The van der Waals surface area contributed by atoms with Crippen molar-refractivity contribution in [1.29, 1.82) is 0 Å². The van der Waals surface area contributed by atoms with Gasteiger partial charge in [0.1, 0.15) is 16.8 Å². The number of carbonyl (C=O) groups excluding carboxylic acids is 1. The molecule has 0 aromatic rings. The van der Waals surface area contributed by atoms with Gasteiger partial charge in [-0.2, -0.15) is 0 Å². The van der Waals surface area contributed by atoms with Crippen LogP contribution in [0.3, 0.4) is 0 Å². The average molecular weight is 237 g/mol. The first-order valence-corrected chi connectivity index (χ1v) is 5.16. The fourth-order valence-electron chi connectivity index (χ4n) is 0.783. The summed E-state index contributed by atoms with van der Waals surface area (Å²) in [6.07, 6.45) is 0. The number of rotatable bonds is 4. The quantitative estimate of drug-likeness (QED) is 0.671. The molecule has 0 fully saturated rings. The lowest BCUT2D eigenvalue weighted by molar-refractivity contribution is -0.147. The number of hydrogen-bond acceptors (Lipinski definition) is 4. The minimum atomic E-state index is -2.32. The second kappa shape index (κ2) is 5.44. The Morgan fingerprint density at radius 3 is 2.07 bits per heavy atom. The number of amides is 1. The van der Waals surface area contributed by atoms with Crippen LogP contribution in [0.5, 0.6) is 0 Å². The molecule has 2 N–H and O–H groups in total. The molecule has 0 saturated heterocycles. The number of carboxylic acid groups (broad SMARTS) is 2. The molecule has 7 nitrogen and oxygen atoms in total. The maximum Gasteiger partial charge on any atom is 0.395 e. The molecule has 0 aliphatic rings. The average Bonchev–Trinajstić information content (AvgIpc) is 2.11. The molecule has 0 bridgehead atoms. The second-order valence-corrected chi connectivity index (χ2v) is 4.14. The van der Waals surface area contributed by atoms with Crippen molar-refractivity contribution in [2.24, 2.45) is 0 Å². The fraction of sp³-hybridized carbons (Fsp3) is 0.571. The van der Waals surface area contributed by atoms with Crippen molar-refractivity contribution in [3.05, 3.63) is 0 Å². The van der Waals surface area contributed by atoms with E-state index in [4.69, 9.17) is 10.2 Å². The van der Waals surface area contributed by atoms with Gasteiger partial charge in [-0.15, -0.1) is 0 Å². The van der Waals surface area contributed by atoms with Gasteiger partial charge in [-0.3, -0.25) is 4.79 Å². The third-order valence-electron chi connectivity index (χ3n) is 1.75. The maximum absolute atomic E-state index is 10.9. The van der Waals surface area contributed by atoms with E-state index in [2.05, 4.69) is 0 Å². The first kappa shape index (κ1) is 13.6.